The zero-order chi connectivity index (χ0) is 33.6. The summed E-state index contributed by atoms with van der Waals surface area (Å²) in [5, 5.41) is 31.4. The molecule has 0 aliphatic heterocycles. The highest BCUT2D eigenvalue weighted by atomic mass is 35.5. The predicted octanol–water partition coefficient (Wildman–Crippen LogP) is 5.81. The number of anilines is 3. The van der Waals surface area contributed by atoms with E-state index in [0.717, 1.165) is 0 Å². The van der Waals surface area contributed by atoms with Crippen LogP contribution in [0.25, 0.3) is 0 Å². The third-order valence-corrected chi connectivity index (χ3v) is 5.83. The van der Waals surface area contributed by atoms with Crippen molar-refractivity contribution in [1.82, 2.24) is 9.97 Å². The average molecular weight is 662 g/mol. The van der Waals surface area contributed by atoms with Gasteiger partial charge in [0.2, 0.25) is 0 Å². The topological polar surface area (TPSA) is 205 Å². The summed E-state index contributed by atoms with van der Waals surface area (Å²) in [5.74, 6) is -0.764. The van der Waals surface area contributed by atoms with Crippen LogP contribution in [0.15, 0.2) is 109 Å². The van der Waals surface area contributed by atoms with E-state index in [9.17, 15) is 29.4 Å². The Bertz CT molecular complexity index is 1750. The summed E-state index contributed by atoms with van der Waals surface area (Å²) >= 11 is 10.2. The van der Waals surface area contributed by atoms with Crippen LogP contribution in [0.1, 0.15) is 42.0 Å². The van der Waals surface area contributed by atoms with E-state index in [4.69, 9.17) is 34.0 Å². The van der Waals surface area contributed by atoms with Crippen LogP contribution in [0.4, 0.5) is 17.1 Å². The molecule has 0 radical (unpaired) electrons. The molecule has 0 aliphatic rings. The molecule has 0 unspecified atom stereocenters. The van der Waals surface area contributed by atoms with Crippen molar-refractivity contribution in [1.29, 1.82) is 0 Å². The SMILES string of the molecule is Nc1cccc(O)c1.O=C(Cl)c1cccc(C(=O)Cl)n1.O=C(Nc1cccc(O)c1)c1cccc(C(=O)Nc2cccc(O)c2)n1. The third kappa shape index (κ3) is 11.3. The zero-order valence-electron chi connectivity index (χ0n) is 23.6. The second kappa shape index (κ2) is 16.8. The normalized spacial score (nSPS) is 9.78. The molecular weight excluding hydrogens is 637 g/mol. The number of nitrogens with zero attached hydrogens (tertiary/aromatic N) is 2. The van der Waals surface area contributed by atoms with Crippen molar-refractivity contribution in [2.24, 2.45) is 0 Å². The number of carbonyl (C=O) groups is 4. The number of amides is 2. The summed E-state index contributed by atoms with van der Waals surface area (Å²) in [4.78, 5) is 53.4. The van der Waals surface area contributed by atoms with E-state index in [1.807, 2.05) is 0 Å². The number of rotatable bonds is 6. The Morgan fingerprint density at radius 1 is 0.522 bits per heavy atom. The van der Waals surface area contributed by atoms with Crippen molar-refractivity contribution < 1.29 is 34.5 Å². The number of pyridine rings is 2. The molecule has 5 aromatic rings. The van der Waals surface area contributed by atoms with E-state index in [0.29, 0.717) is 17.1 Å². The molecule has 0 fully saturated rings. The lowest BCUT2D eigenvalue weighted by Gasteiger charge is -2.08. The van der Waals surface area contributed by atoms with Gasteiger partial charge in [0.05, 0.1) is 0 Å². The van der Waals surface area contributed by atoms with Gasteiger partial charge >= 0.3 is 0 Å². The molecule has 12 nitrogen and oxygen atoms in total. The van der Waals surface area contributed by atoms with E-state index in [-0.39, 0.29) is 40.0 Å². The molecule has 0 spiro atoms. The lowest BCUT2D eigenvalue weighted by atomic mass is 10.2. The van der Waals surface area contributed by atoms with Crippen LogP contribution in [0, 0.1) is 0 Å². The number of hydrogen-bond donors (Lipinski definition) is 6. The van der Waals surface area contributed by atoms with Gasteiger partial charge in [0.1, 0.15) is 40.0 Å². The average Bonchev–Trinajstić information content (AvgIpc) is 3.02. The largest absolute Gasteiger partial charge is 0.508 e. The molecule has 2 heterocycles. The molecular formula is C32H25Cl2N5O7. The zero-order valence-corrected chi connectivity index (χ0v) is 25.1. The van der Waals surface area contributed by atoms with Crippen LogP contribution in [0.3, 0.4) is 0 Å². The van der Waals surface area contributed by atoms with E-state index in [2.05, 4.69) is 20.6 Å². The number of aromatic hydroxyl groups is 3. The summed E-state index contributed by atoms with van der Waals surface area (Å²) in [6.07, 6.45) is 0. The van der Waals surface area contributed by atoms with Crippen molar-refractivity contribution in [3.05, 3.63) is 132 Å². The lowest BCUT2D eigenvalue weighted by molar-refractivity contribution is 0.101. The van der Waals surface area contributed by atoms with Gasteiger partial charge in [-0.3, -0.25) is 19.2 Å². The number of carbonyl (C=O) groups excluding carboxylic acids is 4. The summed E-state index contributed by atoms with van der Waals surface area (Å²) < 4.78 is 0. The molecule has 46 heavy (non-hydrogen) atoms. The molecule has 0 aliphatic carbocycles. The minimum Gasteiger partial charge on any atom is -0.508 e. The van der Waals surface area contributed by atoms with Crippen molar-refractivity contribution >= 4 is 62.6 Å². The van der Waals surface area contributed by atoms with Gasteiger partial charge in [-0.1, -0.05) is 30.3 Å². The van der Waals surface area contributed by atoms with Crippen molar-refractivity contribution in [2.75, 3.05) is 16.4 Å². The molecule has 2 aromatic heterocycles. The number of phenolic OH excluding ortho intramolecular Hbond substituents is 3. The van der Waals surface area contributed by atoms with Crippen LogP contribution in [0.2, 0.25) is 0 Å². The number of halogens is 2. The van der Waals surface area contributed by atoms with E-state index in [1.54, 1.807) is 48.5 Å². The minimum atomic E-state index is -0.713. The molecule has 0 atom stereocenters. The first-order chi connectivity index (χ1) is 21.9. The number of nitrogens with one attached hydrogen (secondary N) is 2. The second-order valence-electron chi connectivity index (χ2n) is 8.97. The first-order valence-electron chi connectivity index (χ1n) is 13.0. The highest BCUT2D eigenvalue weighted by Crippen LogP contribution is 2.18. The molecule has 14 heteroatoms. The highest BCUT2D eigenvalue weighted by Gasteiger charge is 2.13. The molecule has 0 saturated heterocycles. The molecule has 234 valence electrons. The Hall–Kier alpha value is -5.98. The van der Waals surface area contributed by atoms with Gasteiger partial charge in [0.25, 0.3) is 22.3 Å². The summed E-state index contributed by atoms with van der Waals surface area (Å²) in [7, 11) is 0. The fourth-order valence-corrected chi connectivity index (χ4v) is 3.63. The van der Waals surface area contributed by atoms with Crippen LogP contribution in [-0.2, 0) is 0 Å². The maximum Gasteiger partial charge on any atom is 0.274 e. The third-order valence-electron chi connectivity index (χ3n) is 5.44. The Labute approximate surface area is 272 Å². The number of nitrogen functional groups attached to an aromatic ring is 1. The maximum absolute atomic E-state index is 12.3. The number of hydrogen-bond acceptors (Lipinski definition) is 10. The first-order valence-corrected chi connectivity index (χ1v) is 13.8. The Kier molecular flexibility index (Phi) is 12.6. The monoisotopic (exact) mass is 661 g/mol. The summed E-state index contributed by atoms with van der Waals surface area (Å²) in [6, 6.07) is 27.5. The molecule has 3 aromatic carbocycles. The fraction of sp³-hybridized carbons (Fsp3) is 0. The second-order valence-corrected chi connectivity index (χ2v) is 9.65. The molecule has 5 rings (SSSR count). The van der Waals surface area contributed by atoms with Crippen LogP contribution in [-0.4, -0.2) is 47.6 Å². The number of benzene rings is 3. The maximum atomic E-state index is 12.3. The summed E-state index contributed by atoms with van der Waals surface area (Å²) in [6.45, 7) is 0. The molecule has 7 N–H and O–H groups in total. The Morgan fingerprint density at radius 3 is 1.22 bits per heavy atom. The smallest absolute Gasteiger partial charge is 0.274 e. The van der Waals surface area contributed by atoms with Gasteiger partial charge in [0, 0.05) is 35.3 Å². The van der Waals surface area contributed by atoms with Gasteiger partial charge in [-0.25, -0.2) is 9.97 Å². The number of aromatic nitrogens is 2. The minimum absolute atomic E-state index is 0.0168. The van der Waals surface area contributed by atoms with Crippen LogP contribution < -0.4 is 16.4 Å². The fourth-order valence-electron chi connectivity index (χ4n) is 3.42. The molecule has 0 bridgehead atoms. The quantitative estimate of drug-likeness (QED) is 0.0950. The van der Waals surface area contributed by atoms with E-state index < -0.39 is 22.3 Å². The Balaban J connectivity index is 0.000000236. The van der Waals surface area contributed by atoms with Crippen molar-refractivity contribution in [3.8, 4) is 17.2 Å². The Morgan fingerprint density at radius 2 is 0.870 bits per heavy atom. The van der Waals surface area contributed by atoms with E-state index >= 15 is 0 Å². The number of phenols is 3. The molecule has 0 saturated carbocycles. The van der Waals surface area contributed by atoms with Crippen molar-refractivity contribution in [3.63, 3.8) is 0 Å². The lowest BCUT2D eigenvalue weighted by Crippen LogP contribution is -2.18. The molecule has 2 amide bonds. The van der Waals surface area contributed by atoms with Gasteiger partial charge < -0.3 is 31.7 Å². The van der Waals surface area contributed by atoms with Gasteiger partial charge in [-0.15, -0.1) is 0 Å². The first kappa shape index (κ1) is 34.5. The van der Waals surface area contributed by atoms with Gasteiger partial charge in [0.15, 0.2) is 0 Å². The summed E-state index contributed by atoms with van der Waals surface area (Å²) in [5.41, 5.74) is 6.84. The van der Waals surface area contributed by atoms with Crippen molar-refractivity contribution in [2.45, 2.75) is 0 Å². The van der Waals surface area contributed by atoms with Gasteiger partial charge in [-0.2, -0.15) is 0 Å². The van der Waals surface area contributed by atoms with Gasteiger partial charge in [-0.05, 0) is 83.9 Å². The standard InChI is InChI=1S/C19H15N3O4.C7H3Cl2NO2.C6H7NO/c23-14-6-1-4-12(10-14)20-18(25)16-8-3-9-17(22-16)19(26)21-13-5-2-7-15(24)11-13;8-6(11)4-2-1-3-5(10-4)7(9)12;7-5-2-1-3-6(8)4-5/h1-11,23-24H,(H,20,25)(H,21,26);1-3H;1-4,8H,7H2. The highest BCUT2D eigenvalue weighted by molar-refractivity contribution is 6.68. The van der Waals surface area contributed by atoms with Crippen LogP contribution in [0.5, 0.6) is 17.2 Å². The predicted molar refractivity (Wildman–Crippen MR) is 173 cm³/mol. The van der Waals surface area contributed by atoms with Crippen LogP contribution >= 0.6 is 23.2 Å². The van der Waals surface area contributed by atoms with E-state index in [1.165, 1.54) is 60.7 Å². The number of nitrogens with two attached hydrogens (primary N) is 1.